The first kappa shape index (κ1) is 20.6. The van der Waals surface area contributed by atoms with Gasteiger partial charge in [0.15, 0.2) is 0 Å². The summed E-state index contributed by atoms with van der Waals surface area (Å²) in [5, 5.41) is 2.92. The third-order valence-corrected chi connectivity index (χ3v) is 5.05. The number of anilines is 1. The van der Waals surface area contributed by atoms with Crippen molar-refractivity contribution in [2.24, 2.45) is 0 Å². The van der Waals surface area contributed by atoms with Gasteiger partial charge >= 0.3 is 0 Å². The largest absolute Gasteiger partial charge is 0.457 e. The van der Waals surface area contributed by atoms with Crippen LogP contribution in [0.2, 0.25) is 0 Å². The standard InChI is InChI=1S/C24H24N4O3/c29-23(26-20-8-10-22(11-9-20)31-21-6-2-1-3-7-21)18-27-13-15-28(16-14-27)24(30)19-5-4-12-25-17-19/h1-12,17H,13-16,18H2,(H,26,29). The number of para-hydroxylation sites is 1. The summed E-state index contributed by atoms with van der Waals surface area (Å²) >= 11 is 0. The summed E-state index contributed by atoms with van der Waals surface area (Å²) < 4.78 is 5.76. The molecule has 2 aromatic carbocycles. The van der Waals surface area contributed by atoms with Gasteiger partial charge in [-0.3, -0.25) is 19.5 Å². The molecule has 31 heavy (non-hydrogen) atoms. The Morgan fingerprint density at radius 3 is 2.26 bits per heavy atom. The minimum absolute atomic E-state index is 0.0185. The van der Waals surface area contributed by atoms with E-state index in [-0.39, 0.29) is 18.4 Å². The highest BCUT2D eigenvalue weighted by Crippen LogP contribution is 2.22. The molecular formula is C24H24N4O3. The van der Waals surface area contributed by atoms with Crippen LogP contribution in [0.4, 0.5) is 5.69 Å². The van der Waals surface area contributed by atoms with Crippen molar-refractivity contribution in [3.63, 3.8) is 0 Å². The molecule has 1 aliphatic rings. The van der Waals surface area contributed by atoms with Gasteiger partial charge in [0.05, 0.1) is 12.1 Å². The molecule has 0 spiro atoms. The van der Waals surface area contributed by atoms with Gasteiger partial charge in [0.2, 0.25) is 5.91 Å². The van der Waals surface area contributed by atoms with E-state index in [9.17, 15) is 9.59 Å². The van der Waals surface area contributed by atoms with Crippen LogP contribution in [0.25, 0.3) is 0 Å². The topological polar surface area (TPSA) is 74.8 Å². The maximum Gasteiger partial charge on any atom is 0.255 e. The lowest BCUT2D eigenvalue weighted by molar-refractivity contribution is -0.117. The summed E-state index contributed by atoms with van der Waals surface area (Å²) in [5.74, 6) is 1.37. The second-order valence-corrected chi connectivity index (χ2v) is 7.30. The summed E-state index contributed by atoms with van der Waals surface area (Å²) in [6.45, 7) is 2.78. The van der Waals surface area contributed by atoms with Crippen LogP contribution in [0.3, 0.4) is 0 Å². The van der Waals surface area contributed by atoms with Crippen LogP contribution in [0.15, 0.2) is 79.1 Å². The number of pyridine rings is 1. The van der Waals surface area contributed by atoms with Gasteiger partial charge in [-0.25, -0.2) is 0 Å². The monoisotopic (exact) mass is 416 g/mol. The summed E-state index contributed by atoms with van der Waals surface area (Å²) in [6.07, 6.45) is 3.23. The zero-order valence-corrected chi connectivity index (χ0v) is 17.1. The van der Waals surface area contributed by atoms with Crippen molar-refractivity contribution in [1.29, 1.82) is 0 Å². The lowest BCUT2D eigenvalue weighted by atomic mass is 10.2. The molecule has 1 saturated heterocycles. The summed E-state index contributed by atoms with van der Waals surface area (Å²) in [6, 6.07) is 20.4. The number of rotatable bonds is 6. The second kappa shape index (κ2) is 9.86. The van der Waals surface area contributed by atoms with Crippen LogP contribution in [-0.2, 0) is 4.79 Å². The van der Waals surface area contributed by atoms with Crippen LogP contribution < -0.4 is 10.1 Å². The molecule has 1 fully saturated rings. The van der Waals surface area contributed by atoms with E-state index in [0.717, 1.165) is 11.4 Å². The fraction of sp³-hybridized carbons (Fsp3) is 0.208. The maximum absolute atomic E-state index is 12.5. The zero-order chi connectivity index (χ0) is 21.5. The van der Waals surface area contributed by atoms with E-state index in [2.05, 4.69) is 15.2 Å². The van der Waals surface area contributed by atoms with Gasteiger partial charge in [-0.1, -0.05) is 18.2 Å². The van der Waals surface area contributed by atoms with Gasteiger partial charge in [0.25, 0.3) is 5.91 Å². The third-order valence-electron chi connectivity index (χ3n) is 5.05. The number of nitrogens with one attached hydrogen (secondary N) is 1. The number of nitrogens with zero attached hydrogens (tertiary/aromatic N) is 3. The number of ether oxygens (including phenoxy) is 1. The molecule has 158 valence electrons. The van der Waals surface area contributed by atoms with Gasteiger partial charge in [0.1, 0.15) is 11.5 Å². The molecule has 0 bridgehead atoms. The Hall–Kier alpha value is -3.71. The molecular weight excluding hydrogens is 392 g/mol. The molecule has 0 unspecified atom stereocenters. The van der Waals surface area contributed by atoms with Crippen molar-refractivity contribution in [3.05, 3.63) is 84.7 Å². The fourth-order valence-electron chi connectivity index (χ4n) is 3.42. The molecule has 2 heterocycles. The van der Waals surface area contributed by atoms with E-state index in [0.29, 0.717) is 37.5 Å². The molecule has 1 aliphatic heterocycles. The minimum atomic E-state index is -0.0798. The Bertz CT molecular complexity index is 1000. The van der Waals surface area contributed by atoms with E-state index in [1.54, 1.807) is 29.4 Å². The Balaban J connectivity index is 1.23. The van der Waals surface area contributed by atoms with Crippen molar-refractivity contribution >= 4 is 17.5 Å². The van der Waals surface area contributed by atoms with Crippen LogP contribution in [0.1, 0.15) is 10.4 Å². The van der Waals surface area contributed by atoms with Crippen LogP contribution in [0.5, 0.6) is 11.5 Å². The van der Waals surface area contributed by atoms with Gasteiger partial charge in [-0.15, -0.1) is 0 Å². The maximum atomic E-state index is 12.5. The molecule has 7 heteroatoms. The molecule has 3 aromatic rings. The van der Waals surface area contributed by atoms with Crippen molar-refractivity contribution in [2.45, 2.75) is 0 Å². The van der Waals surface area contributed by atoms with E-state index in [1.807, 2.05) is 54.6 Å². The first-order chi connectivity index (χ1) is 15.2. The van der Waals surface area contributed by atoms with Crippen molar-refractivity contribution < 1.29 is 14.3 Å². The molecule has 0 aliphatic carbocycles. The van der Waals surface area contributed by atoms with Gasteiger partial charge in [-0.2, -0.15) is 0 Å². The first-order valence-electron chi connectivity index (χ1n) is 10.2. The van der Waals surface area contributed by atoms with Crippen LogP contribution in [0, 0.1) is 0 Å². The summed E-state index contributed by atoms with van der Waals surface area (Å²) in [4.78, 5) is 32.8. The number of carbonyl (C=O) groups is 2. The Kier molecular flexibility index (Phi) is 6.54. The quantitative estimate of drug-likeness (QED) is 0.668. The average molecular weight is 416 g/mol. The van der Waals surface area contributed by atoms with E-state index in [4.69, 9.17) is 4.74 Å². The Labute approximate surface area is 181 Å². The SMILES string of the molecule is O=C(CN1CCN(C(=O)c2cccnc2)CC1)Nc1ccc(Oc2ccccc2)cc1. The lowest BCUT2D eigenvalue weighted by Gasteiger charge is -2.34. The first-order valence-corrected chi connectivity index (χ1v) is 10.2. The second-order valence-electron chi connectivity index (χ2n) is 7.30. The minimum Gasteiger partial charge on any atom is -0.457 e. The molecule has 7 nitrogen and oxygen atoms in total. The number of aromatic nitrogens is 1. The van der Waals surface area contributed by atoms with Crippen molar-refractivity contribution in [3.8, 4) is 11.5 Å². The van der Waals surface area contributed by atoms with E-state index >= 15 is 0 Å². The fourth-order valence-corrected chi connectivity index (χ4v) is 3.42. The highest BCUT2D eigenvalue weighted by Gasteiger charge is 2.23. The number of carbonyl (C=O) groups excluding carboxylic acids is 2. The molecule has 4 rings (SSSR count). The molecule has 0 saturated carbocycles. The van der Waals surface area contributed by atoms with E-state index < -0.39 is 0 Å². The Morgan fingerprint density at radius 1 is 0.871 bits per heavy atom. The van der Waals surface area contributed by atoms with Crippen LogP contribution >= 0.6 is 0 Å². The van der Waals surface area contributed by atoms with Gasteiger partial charge < -0.3 is 15.0 Å². The Morgan fingerprint density at radius 2 is 1.58 bits per heavy atom. The zero-order valence-electron chi connectivity index (χ0n) is 17.1. The molecule has 0 radical (unpaired) electrons. The number of amides is 2. The van der Waals surface area contributed by atoms with E-state index in [1.165, 1.54) is 0 Å². The van der Waals surface area contributed by atoms with Crippen molar-refractivity contribution in [2.75, 3.05) is 38.0 Å². The third kappa shape index (κ3) is 5.67. The highest BCUT2D eigenvalue weighted by atomic mass is 16.5. The number of hydrogen-bond donors (Lipinski definition) is 1. The van der Waals surface area contributed by atoms with Gasteiger partial charge in [-0.05, 0) is 48.5 Å². The number of benzene rings is 2. The smallest absolute Gasteiger partial charge is 0.255 e. The predicted molar refractivity (Wildman–Crippen MR) is 118 cm³/mol. The van der Waals surface area contributed by atoms with Crippen molar-refractivity contribution in [1.82, 2.24) is 14.8 Å². The highest BCUT2D eigenvalue weighted by molar-refractivity contribution is 5.94. The number of hydrogen-bond acceptors (Lipinski definition) is 5. The molecule has 1 N–H and O–H groups in total. The average Bonchev–Trinajstić information content (AvgIpc) is 2.82. The molecule has 0 atom stereocenters. The molecule has 1 aromatic heterocycles. The summed E-state index contributed by atoms with van der Waals surface area (Å²) in [5.41, 5.74) is 1.31. The predicted octanol–water partition coefficient (Wildman–Crippen LogP) is 3.27. The van der Waals surface area contributed by atoms with Crippen LogP contribution in [-0.4, -0.2) is 59.3 Å². The lowest BCUT2D eigenvalue weighted by Crippen LogP contribution is -2.50. The number of piperazine rings is 1. The summed E-state index contributed by atoms with van der Waals surface area (Å²) in [7, 11) is 0. The van der Waals surface area contributed by atoms with Gasteiger partial charge in [0, 0.05) is 44.3 Å². The molecule has 2 amide bonds. The normalized spacial score (nSPS) is 14.1.